The highest BCUT2D eigenvalue weighted by atomic mass is 16.5. The zero-order valence-corrected chi connectivity index (χ0v) is 20.9. The van der Waals surface area contributed by atoms with E-state index >= 15 is 0 Å². The Bertz CT molecular complexity index is 1580. The number of ether oxygens (including phenoxy) is 2. The fourth-order valence-corrected chi connectivity index (χ4v) is 3.57. The number of unbranched alkanes of at least 4 members (excludes halogenated alkanes) is 1. The molecule has 0 aliphatic carbocycles. The molecule has 8 heteroatoms. The summed E-state index contributed by atoms with van der Waals surface area (Å²) in [4.78, 5) is 13.6. The van der Waals surface area contributed by atoms with Crippen molar-refractivity contribution in [1.82, 2.24) is 15.0 Å². The van der Waals surface area contributed by atoms with Crippen molar-refractivity contribution in [1.29, 1.82) is 0 Å². The zero-order chi connectivity index (χ0) is 27.1. The van der Waals surface area contributed by atoms with Gasteiger partial charge in [0, 0.05) is 18.1 Å². The van der Waals surface area contributed by atoms with E-state index < -0.39 is 0 Å². The first kappa shape index (κ1) is 25.9. The van der Waals surface area contributed by atoms with Gasteiger partial charge in [-0.2, -0.15) is 0 Å². The highest BCUT2D eigenvalue weighted by Gasteiger charge is 2.19. The molecule has 0 aliphatic rings. The van der Waals surface area contributed by atoms with Gasteiger partial charge in [0.15, 0.2) is 17.5 Å². The van der Waals surface area contributed by atoms with Crippen LogP contribution < -0.4 is 9.47 Å². The zero-order valence-electron chi connectivity index (χ0n) is 20.9. The molecule has 8 nitrogen and oxygen atoms in total. The summed E-state index contributed by atoms with van der Waals surface area (Å²) in [5.74, 6) is 5.40. The van der Waals surface area contributed by atoms with Gasteiger partial charge in [0.05, 0.1) is 23.3 Å². The molecule has 0 bridgehead atoms. The molecule has 0 radical (unpaired) electrons. The maximum atomic E-state index is 10.8. The Morgan fingerprint density at radius 2 is 1.29 bits per heavy atom. The average Bonchev–Trinajstić information content (AvgIpc) is 2.89. The number of hydrogen-bond donors (Lipinski definition) is 3. The van der Waals surface area contributed by atoms with Gasteiger partial charge in [0.25, 0.3) is 0 Å². The molecule has 1 aromatic heterocycles. The number of phenols is 3. The first-order chi connectivity index (χ1) is 18.4. The van der Waals surface area contributed by atoms with Crippen LogP contribution in [0.3, 0.4) is 0 Å². The van der Waals surface area contributed by atoms with Crippen LogP contribution in [-0.2, 0) is 0 Å². The molecular formula is C30H25N3O5. The SMILES string of the molecule is C#CC#COc1ccc(-c2nc(-c3ccc(C)cc3O)nc(-c3ccc(OCCCC)cc3O)n2)c(O)c1. The monoisotopic (exact) mass is 507 g/mol. The van der Waals surface area contributed by atoms with Crippen molar-refractivity contribution >= 4 is 0 Å². The summed E-state index contributed by atoms with van der Waals surface area (Å²) >= 11 is 0. The van der Waals surface area contributed by atoms with Crippen molar-refractivity contribution < 1.29 is 24.8 Å². The Morgan fingerprint density at radius 3 is 1.82 bits per heavy atom. The first-order valence-corrected chi connectivity index (χ1v) is 11.9. The molecule has 3 N–H and O–H groups in total. The summed E-state index contributed by atoms with van der Waals surface area (Å²) in [5, 5.41) is 32.1. The number of benzene rings is 3. The number of aryl methyl sites for hydroxylation is 1. The molecule has 0 unspecified atom stereocenters. The molecule has 0 aliphatic heterocycles. The van der Waals surface area contributed by atoms with Crippen LogP contribution in [-0.4, -0.2) is 36.9 Å². The second-order valence-electron chi connectivity index (χ2n) is 8.36. The van der Waals surface area contributed by atoms with Crippen molar-refractivity contribution in [2.75, 3.05) is 6.61 Å². The highest BCUT2D eigenvalue weighted by Crippen LogP contribution is 2.37. The van der Waals surface area contributed by atoms with Gasteiger partial charge >= 0.3 is 0 Å². The van der Waals surface area contributed by atoms with Crippen LogP contribution in [0, 0.1) is 31.3 Å². The number of rotatable bonds is 8. The lowest BCUT2D eigenvalue weighted by Gasteiger charge is -2.12. The topological polar surface area (TPSA) is 118 Å². The molecule has 0 amide bonds. The summed E-state index contributed by atoms with van der Waals surface area (Å²) in [6.07, 6.45) is 9.31. The molecule has 0 saturated carbocycles. The van der Waals surface area contributed by atoms with Gasteiger partial charge in [0.2, 0.25) is 0 Å². The molecule has 190 valence electrons. The van der Waals surface area contributed by atoms with Gasteiger partial charge in [0.1, 0.15) is 34.9 Å². The number of aromatic hydroxyl groups is 3. The lowest BCUT2D eigenvalue weighted by atomic mass is 10.1. The van der Waals surface area contributed by atoms with Crippen LogP contribution in [0.4, 0.5) is 0 Å². The highest BCUT2D eigenvalue weighted by molar-refractivity contribution is 5.74. The first-order valence-electron chi connectivity index (χ1n) is 11.9. The normalized spacial score (nSPS) is 10.2. The summed E-state index contributed by atoms with van der Waals surface area (Å²) in [7, 11) is 0. The minimum atomic E-state index is -0.176. The van der Waals surface area contributed by atoms with Gasteiger partial charge in [-0.25, -0.2) is 15.0 Å². The van der Waals surface area contributed by atoms with E-state index in [-0.39, 0.29) is 46.0 Å². The van der Waals surface area contributed by atoms with Crippen molar-refractivity contribution in [2.24, 2.45) is 0 Å². The summed E-state index contributed by atoms with van der Waals surface area (Å²) in [5.41, 5.74) is 1.83. The Kier molecular flexibility index (Phi) is 7.95. The van der Waals surface area contributed by atoms with Crippen molar-refractivity contribution in [3.63, 3.8) is 0 Å². The minimum absolute atomic E-state index is 0.0166. The van der Waals surface area contributed by atoms with Crippen LogP contribution in [0.15, 0.2) is 54.6 Å². The number of terminal acetylenes is 1. The van der Waals surface area contributed by atoms with Gasteiger partial charge in [-0.1, -0.05) is 19.4 Å². The Morgan fingerprint density at radius 1 is 0.763 bits per heavy atom. The minimum Gasteiger partial charge on any atom is -0.507 e. The lowest BCUT2D eigenvalue weighted by molar-refractivity contribution is 0.307. The van der Waals surface area contributed by atoms with Crippen molar-refractivity contribution in [3.8, 4) is 87.3 Å². The van der Waals surface area contributed by atoms with Gasteiger partial charge in [-0.05, 0) is 61.2 Å². The Labute approximate surface area is 220 Å². The number of nitrogens with zero attached hydrogens (tertiary/aromatic N) is 3. The predicted octanol–water partition coefficient (Wildman–Crippen LogP) is 5.45. The van der Waals surface area contributed by atoms with Crippen LogP contribution >= 0.6 is 0 Å². The fraction of sp³-hybridized carbons (Fsp3) is 0.167. The third-order valence-electron chi connectivity index (χ3n) is 5.51. The number of hydrogen-bond acceptors (Lipinski definition) is 8. The third-order valence-corrected chi connectivity index (χ3v) is 5.51. The average molecular weight is 508 g/mol. The van der Waals surface area contributed by atoms with Gasteiger partial charge in [-0.15, -0.1) is 6.42 Å². The standard InChI is InChI=1S/C30H25N3O5/c1-4-6-14-37-20-9-12-23(26(35)17-20)29-31-28(22-11-8-19(3)16-25(22)34)32-30(33-29)24-13-10-21(18-27(24)36)38-15-7-5-2/h1,8-13,16-18,34-36H,5,7,15H2,2-3H3. The maximum Gasteiger partial charge on any atom is 0.167 e. The van der Waals surface area contributed by atoms with E-state index in [1.807, 2.05) is 13.0 Å². The van der Waals surface area contributed by atoms with Gasteiger partial charge in [-0.3, -0.25) is 0 Å². The second-order valence-corrected chi connectivity index (χ2v) is 8.36. The summed E-state index contributed by atoms with van der Waals surface area (Å²) in [6, 6.07) is 14.5. The van der Waals surface area contributed by atoms with Crippen molar-refractivity contribution in [3.05, 3.63) is 60.2 Å². The molecule has 0 atom stereocenters. The van der Waals surface area contributed by atoms with E-state index in [0.717, 1.165) is 18.4 Å². The Balaban J connectivity index is 1.82. The van der Waals surface area contributed by atoms with E-state index in [1.54, 1.807) is 36.4 Å². The van der Waals surface area contributed by atoms with Crippen molar-refractivity contribution in [2.45, 2.75) is 26.7 Å². The maximum absolute atomic E-state index is 10.8. The summed E-state index contributed by atoms with van der Waals surface area (Å²) in [6.45, 7) is 4.46. The second kappa shape index (κ2) is 11.7. The largest absolute Gasteiger partial charge is 0.507 e. The lowest BCUT2D eigenvalue weighted by Crippen LogP contribution is -2.01. The molecule has 0 fully saturated rings. The van der Waals surface area contributed by atoms with Crippen LogP contribution in [0.2, 0.25) is 0 Å². The van der Waals surface area contributed by atoms with E-state index in [2.05, 4.69) is 39.8 Å². The van der Waals surface area contributed by atoms with Crippen LogP contribution in [0.25, 0.3) is 34.2 Å². The quantitative estimate of drug-likeness (QED) is 0.213. The third kappa shape index (κ3) is 5.95. The molecule has 4 rings (SSSR count). The van der Waals surface area contributed by atoms with Crippen LogP contribution in [0.1, 0.15) is 25.3 Å². The molecule has 1 heterocycles. The van der Waals surface area contributed by atoms with E-state index in [0.29, 0.717) is 23.5 Å². The molecule has 3 aromatic carbocycles. The van der Waals surface area contributed by atoms with E-state index in [1.165, 1.54) is 12.1 Å². The van der Waals surface area contributed by atoms with Crippen LogP contribution in [0.5, 0.6) is 28.7 Å². The molecule has 4 aromatic rings. The summed E-state index contributed by atoms with van der Waals surface area (Å²) < 4.78 is 10.9. The fourth-order valence-electron chi connectivity index (χ4n) is 3.57. The van der Waals surface area contributed by atoms with E-state index in [9.17, 15) is 15.3 Å². The van der Waals surface area contributed by atoms with Gasteiger partial charge < -0.3 is 24.8 Å². The smallest absolute Gasteiger partial charge is 0.167 e. The molecule has 0 spiro atoms. The number of phenolic OH excluding ortho intramolecular Hbond substituents is 3. The predicted molar refractivity (Wildman–Crippen MR) is 144 cm³/mol. The Hall–Kier alpha value is -5.21. The molecular weight excluding hydrogens is 482 g/mol. The molecule has 38 heavy (non-hydrogen) atoms. The van der Waals surface area contributed by atoms with E-state index in [4.69, 9.17) is 15.9 Å². The molecule has 0 saturated heterocycles. The number of aromatic nitrogens is 3.